The third-order valence-electron chi connectivity index (χ3n) is 2.36. The first-order chi connectivity index (χ1) is 8.97. The van der Waals surface area contributed by atoms with E-state index in [1.165, 1.54) is 29.1 Å². The van der Waals surface area contributed by atoms with Gasteiger partial charge in [0.25, 0.3) is 5.69 Å². The number of hydrogen-bond donors (Lipinski definition) is 2. The van der Waals surface area contributed by atoms with Crippen molar-refractivity contribution in [1.29, 1.82) is 0 Å². The van der Waals surface area contributed by atoms with Crippen molar-refractivity contribution in [1.82, 2.24) is 9.66 Å². The highest BCUT2D eigenvalue weighted by atomic mass is 16.6. The van der Waals surface area contributed by atoms with Gasteiger partial charge in [0.15, 0.2) is 0 Å². The molecule has 8 nitrogen and oxygen atoms in total. The summed E-state index contributed by atoms with van der Waals surface area (Å²) in [5.74, 6) is 0.0957. The zero-order chi connectivity index (χ0) is 14.0. The van der Waals surface area contributed by atoms with Gasteiger partial charge < -0.3 is 10.8 Å². The topological polar surface area (TPSA) is 120 Å². The molecule has 3 N–H and O–H groups in total. The minimum absolute atomic E-state index is 0.0816. The van der Waals surface area contributed by atoms with Crippen molar-refractivity contribution in [2.75, 3.05) is 5.73 Å². The number of nitro benzene ring substituents is 1. The van der Waals surface area contributed by atoms with Crippen molar-refractivity contribution in [2.45, 2.75) is 6.92 Å². The second-order valence-electron chi connectivity index (χ2n) is 3.83. The number of nitrogen functional groups attached to an aromatic ring is 1. The third-order valence-corrected chi connectivity index (χ3v) is 2.36. The molecule has 2 aromatic rings. The van der Waals surface area contributed by atoms with Crippen molar-refractivity contribution >= 4 is 17.9 Å². The predicted molar refractivity (Wildman–Crippen MR) is 69.1 cm³/mol. The number of phenols is 1. The van der Waals surface area contributed by atoms with E-state index < -0.39 is 4.92 Å². The maximum absolute atomic E-state index is 10.8. The summed E-state index contributed by atoms with van der Waals surface area (Å²) in [6.07, 6.45) is 2.83. The number of benzene rings is 1. The van der Waals surface area contributed by atoms with Gasteiger partial charge in [0.05, 0.1) is 28.6 Å². The van der Waals surface area contributed by atoms with Crippen LogP contribution in [0.3, 0.4) is 0 Å². The Bertz CT molecular complexity index is 662. The maximum Gasteiger partial charge on any atom is 0.278 e. The van der Waals surface area contributed by atoms with E-state index in [1.54, 1.807) is 13.1 Å². The van der Waals surface area contributed by atoms with Gasteiger partial charge in [-0.25, -0.2) is 9.66 Å². The average molecular weight is 261 g/mol. The fourth-order valence-corrected chi connectivity index (χ4v) is 1.53. The molecule has 0 radical (unpaired) electrons. The summed E-state index contributed by atoms with van der Waals surface area (Å²) >= 11 is 0. The lowest BCUT2D eigenvalue weighted by atomic mass is 10.2. The van der Waals surface area contributed by atoms with Crippen molar-refractivity contribution in [2.24, 2.45) is 5.10 Å². The summed E-state index contributed by atoms with van der Waals surface area (Å²) in [6.45, 7) is 1.75. The normalized spacial score (nSPS) is 11.0. The van der Waals surface area contributed by atoms with Crippen LogP contribution in [-0.2, 0) is 0 Å². The number of nitrogens with two attached hydrogens (primary N) is 1. The Morgan fingerprint density at radius 1 is 1.58 bits per heavy atom. The highest BCUT2D eigenvalue weighted by Gasteiger charge is 2.12. The molecule has 0 spiro atoms. The van der Waals surface area contributed by atoms with Crippen molar-refractivity contribution in [3.63, 3.8) is 0 Å². The first-order valence-electron chi connectivity index (χ1n) is 5.30. The number of aromatic hydroxyl groups is 1. The van der Waals surface area contributed by atoms with Gasteiger partial charge in [-0.15, -0.1) is 0 Å². The van der Waals surface area contributed by atoms with Gasteiger partial charge in [0.2, 0.25) is 5.95 Å². The maximum atomic E-state index is 10.8. The van der Waals surface area contributed by atoms with Gasteiger partial charge >= 0.3 is 0 Å². The van der Waals surface area contributed by atoms with E-state index >= 15 is 0 Å². The molecule has 1 aromatic carbocycles. The molecule has 0 saturated carbocycles. The number of rotatable bonds is 3. The SMILES string of the molecule is Cc1cn(N=Cc2cc(O)ccc2[N+](=O)[O-])c(N)n1. The van der Waals surface area contributed by atoms with Crippen LogP contribution in [0.4, 0.5) is 11.6 Å². The van der Waals surface area contributed by atoms with Crippen LogP contribution in [-0.4, -0.2) is 25.9 Å². The molecule has 19 heavy (non-hydrogen) atoms. The quantitative estimate of drug-likeness (QED) is 0.489. The molecule has 1 aromatic heterocycles. The Hall–Kier alpha value is -2.90. The Morgan fingerprint density at radius 3 is 2.89 bits per heavy atom. The molecule has 0 aliphatic carbocycles. The number of hydrogen-bond acceptors (Lipinski definition) is 6. The second-order valence-corrected chi connectivity index (χ2v) is 3.83. The summed E-state index contributed by atoms with van der Waals surface area (Å²) in [5.41, 5.74) is 6.29. The van der Waals surface area contributed by atoms with Crippen molar-refractivity contribution < 1.29 is 10.0 Å². The Balaban J connectivity index is 2.40. The summed E-state index contributed by atoms with van der Waals surface area (Å²) in [5, 5.41) is 24.2. The molecule has 0 saturated heterocycles. The molecular weight excluding hydrogens is 250 g/mol. The Kier molecular flexibility index (Phi) is 3.15. The number of aryl methyl sites for hydroxylation is 1. The summed E-state index contributed by atoms with van der Waals surface area (Å²) in [7, 11) is 0. The standard InChI is InChI=1S/C11H11N5O3/c1-7-6-15(11(12)14-7)13-5-8-4-9(17)2-3-10(8)16(18)19/h2-6,17H,1H3,(H2,12,14). The van der Waals surface area contributed by atoms with Gasteiger partial charge in [0, 0.05) is 6.07 Å². The van der Waals surface area contributed by atoms with Crippen LogP contribution >= 0.6 is 0 Å². The fourth-order valence-electron chi connectivity index (χ4n) is 1.53. The average Bonchev–Trinajstić information content (AvgIpc) is 2.65. The zero-order valence-corrected chi connectivity index (χ0v) is 10.0. The monoisotopic (exact) mass is 261 g/mol. The third kappa shape index (κ3) is 2.68. The Labute approximate surface area is 108 Å². The second kappa shape index (κ2) is 4.77. The molecule has 0 bridgehead atoms. The fraction of sp³-hybridized carbons (Fsp3) is 0.0909. The molecular formula is C11H11N5O3. The Morgan fingerprint density at radius 2 is 2.32 bits per heavy atom. The van der Waals surface area contributed by atoms with Crippen LogP contribution in [0.15, 0.2) is 29.5 Å². The van der Waals surface area contributed by atoms with Gasteiger partial charge in [-0.1, -0.05) is 0 Å². The predicted octanol–water partition coefficient (Wildman–Crippen LogP) is 1.27. The number of aromatic nitrogens is 2. The molecule has 0 unspecified atom stereocenters. The lowest BCUT2D eigenvalue weighted by molar-refractivity contribution is -0.385. The van der Waals surface area contributed by atoms with Gasteiger partial charge in [-0.2, -0.15) is 5.10 Å². The molecule has 8 heteroatoms. The number of phenolic OH excluding ortho intramolecular Hbond substituents is 1. The van der Waals surface area contributed by atoms with Crippen molar-refractivity contribution in [3.8, 4) is 5.75 Å². The van der Waals surface area contributed by atoms with Gasteiger partial charge in [-0.3, -0.25) is 10.1 Å². The van der Waals surface area contributed by atoms with E-state index in [4.69, 9.17) is 5.73 Å². The largest absolute Gasteiger partial charge is 0.508 e. The zero-order valence-electron chi connectivity index (χ0n) is 10.0. The highest BCUT2D eigenvalue weighted by Crippen LogP contribution is 2.21. The van der Waals surface area contributed by atoms with Crippen LogP contribution in [0.25, 0.3) is 0 Å². The molecule has 0 aliphatic heterocycles. The molecule has 0 amide bonds. The smallest absolute Gasteiger partial charge is 0.278 e. The minimum Gasteiger partial charge on any atom is -0.508 e. The van der Waals surface area contributed by atoms with Crippen LogP contribution in [0, 0.1) is 17.0 Å². The lowest BCUT2D eigenvalue weighted by Gasteiger charge is -1.99. The number of nitrogens with zero attached hydrogens (tertiary/aromatic N) is 4. The van der Waals surface area contributed by atoms with E-state index in [0.717, 1.165) is 0 Å². The molecule has 1 heterocycles. The molecule has 0 atom stereocenters. The summed E-state index contributed by atoms with van der Waals surface area (Å²) < 4.78 is 1.29. The minimum atomic E-state index is -0.552. The van der Waals surface area contributed by atoms with Gasteiger partial charge in [0.1, 0.15) is 5.75 Å². The molecule has 0 aliphatic rings. The van der Waals surface area contributed by atoms with Crippen LogP contribution < -0.4 is 5.73 Å². The van der Waals surface area contributed by atoms with Crippen LogP contribution in [0.1, 0.15) is 11.3 Å². The lowest BCUT2D eigenvalue weighted by Crippen LogP contribution is -1.99. The van der Waals surface area contributed by atoms with E-state index in [1.807, 2.05) is 0 Å². The van der Waals surface area contributed by atoms with Crippen LogP contribution in [0.2, 0.25) is 0 Å². The van der Waals surface area contributed by atoms with E-state index in [9.17, 15) is 15.2 Å². The number of imidazole rings is 1. The molecule has 0 fully saturated rings. The summed E-state index contributed by atoms with van der Waals surface area (Å²) in [4.78, 5) is 14.2. The molecule has 98 valence electrons. The highest BCUT2D eigenvalue weighted by molar-refractivity contribution is 5.86. The number of nitro groups is 1. The van der Waals surface area contributed by atoms with Crippen LogP contribution in [0.5, 0.6) is 5.75 Å². The first-order valence-corrected chi connectivity index (χ1v) is 5.30. The summed E-state index contributed by atoms with van der Waals surface area (Å²) in [6, 6.07) is 3.70. The van der Waals surface area contributed by atoms with Crippen molar-refractivity contribution in [3.05, 3.63) is 45.8 Å². The molecule has 2 rings (SSSR count). The van der Waals surface area contributed by atoms with E-state index in [2.05, 4.69) is 10.1 Å². The van der Waals surface area contributed by atoms with Gasteiger partial charge in [-0.05, 0) is 19.1 Å². The number of anilines is 1. The van der Waals surface area contributed by atoms with E-state index in [0.29, 0.717) is 5.69 Å². The first kappa shape index (κ1) is 12.6. The van der Waals surface area contributed by atoms with E-state index in [-0.39, 0.29) is 22.9 Å².